The van der Waals surface area contributed by atoms with Crippen molar-refractivity contribution in [2.24, 2.45) is 0 Å². The van der Waals surface area contributed by atoms with Gasteiger partial charge in [-0.3, -0.25) is 14.5 Å². The van der Waals surface area contributed by atoms with Crippen molar-refractivity contribution in [3.63, 3.8) is 0 Å². The van der Waals surface area contributed by atoms with Crippen molar-refractivity contribution in [2.75, 3.05) is 31.1 Å². The lowest BCUT2D eigenvalue weighted by Crippen LogP contribution is -2.35. The molecular formula is C19H22N6O. The van der Waals surface area contributed by atoms with Crippen molar-refractivity contribution in [1.29, 1.82) is 0 Å². The average molecular weight is 350 g/mol. The van der Waals surface area contributed by atoms with Crippen molar-refractivity contribution in [2.45, 2.75) is 19.4 Å². The van der Waals surface area contributed by atoms with Gasteiger partial charge in [-0.2, -0.15) is 5.10 Å². The molecule has 1 amide bonds. The van der Waals surface area contributed by atoms with Gasteiger partial charge in [0, 0.05) is 51.5 Å². The van der Waals surface area contributed by atoms with Gasteiger partial charge in [0.2, 0.25) is 5.91 Å². The third-order valence-electron chi connectivity index (χ3n) is 4.72. The molecule has 1 aliphatic heterocycles. The molecule has 1 aromatic carbocycles. The molecule has 0 atom stereocenters. The van der Waals surface area contributed by atoms with E-state index in [1.54, 1.807) is 10.9 Å². The van der Waals surface area contributed by atoms with Crippen molar-refractivity contribution in [3.8, 4) is 0 Å². The molecular weight excluding hydrogens is 328 g/mol. The Labute approximate surface area is 152 Å². The molecule has 1 fully saturated rings. The molecule has 134 valence electrons. The summed E-state index contributed by atoms with van der Waals surface area (Å²) >= 11 is 0. The summed E-state index contributed by atoms with van der Waals surface area (Å²) < 4.78 is 1.80. The van der Waals surface area contributed by atoms with Gasteiger partial charge in [0.25, 0.3) is 0 Å². The maximum absolute atomic E-state index is 12.5. The number of rotatable bonds is 4. The molecule has 0 saturated carbocycles. The maximum Gasteiger partial charge on any atom is 0.224 e. The highest BCUT2D eigenvalue weighted by molar-refractivity contribution is 5.76. The highest BCUT2D eigenvalue weighted by atomic mass is 16.2. The Kier molecular flexibility index (Phi) is 4.77. The van der Waals surface area contributed by atoms with Crippen LogP contribution in [0.1, 0.15) is 12.8 Å². The first kappa shape index (κ1) is 16.5. The smallest absolute Gasteiger partial charge is 0.224 e. The Morgan fingerprint density at radius 3 is 2.77 bits per heavy atom. The van der Waals surface area contributed by atoms with Gasteiger partial charge < -0.3 is 9.80 Å². The Balaban J connectivity index is 1.38. The topological polar surface area (TPSA) is 67.2 Å². The zero-order chi connectivity index (χ0) is 17.8. The van der Waals surface area contributed by atoms with Crippen LogP contribution < -0.4 is 4.90 Å². The van der Waals surface area contributed by atoms with E-state index < -0.39 is 0 Å². The number of hydrogen-bond donors (Lipinski definition) is 0. The van der Waals surface area contributed by atoms with Crippen LogP contribution in [0, 0.1) is 0 Å². The molecule has 1 saturated heterocycles. The predicted molar refractivity (Wildman–Crippen MR) is 99.8 cm³/mol. The van der Waals surface area contributed by atoms with Gasteiger partial charge >= 0.3 is 0 Å². The van der Waals surface area contributed by atoms with Crippen LogP contribution >= 0.6 is 0 Å². The van der Waals surface area contributed by atoms with E-state index in [4.69, 9.17) is 4.98 Å². The van der Waals surface area contributed by atoms with E-state index in [2.05, 4.69) is 15.0 Å². The lowest BCUT2D eigenvalue weighted by Gasteiger charge is -2.23. The van der Waals surface area contributed by atoms with Crippen molar-refractivity contribution < 1.29 is 4.79 Å². The zero-order valence-corrected chi connectivity index (χ0v) is 14.7. The van der Waals surface area contributed by atoms with Crippen LogP contribution in [-0.4, -0.2) is 56.7 Å². The van der Waals surface area contributed by atoms with Crippen LogP contribution in [0.4, 0.5) is 5.82 Å². The number of aromatic nitrogens is 4. The summed E-state index contributed by atoms with van der Waals surface area (Å²) in [5.41, 5.74) is 1.81. The minimum atomic E-state index is 0.187. The number of anilines is 1. The third kappa shape index (κ3) is 3.66. The Bertz CT molecular complexity index is 879. The second-order valence-electron chi connectivity index (χ2n) is 6.46. The molecule has 3 aromatic rings. The number of benzene rings is 1. The minimum absolute atomic E-state index is 0.187. The van der Waals surface area contributed by atoms with Crippen molar-refractivity contribution in [1.82, 2.24) is 24.6 Å². The fraction of sp³-hybridized carbons (Fsp3) is 0.368. The van der Waals surface area contributed by atoms with E-state index in [0.717, 1.165) is 42.9 Å². The molecule has 3 heterocycles. The summed E-state index contributed by atoms with van der Waals surface area (Å²) in [6, 6.07) is 9.76. The van der Waals surface area contributed by atoms with Gasteiger partial charge in [-0.1, -0.05) is 12.1 Å². The Hall–Kier alpha value is -2.96. The third-order valence-corrected chi connectivity index (χ3v) is 4.72. The largest absolute Gasteiger partial charge is 0.353 e. The monoisotopic (exact) mass is 350 g/mol. The van der Waals surface area contributed by atoms with E-state index in [-0.39, 0.29) is 5.91 Å². The summed E-state index contributed by atoms with van der Waals surface area (Å²) in [4.78, 5) is 25.9. The van der Waals surface area contributed by atoms with Crippen LogP contribution in [0.2, 0.25) is 0 Å². The number of nitrogens with zero attached hydrogens (tertiary/aromatic N) is 6. The lowest BCUT2D eigenvalue weighted by atomic mass is 10.3. The number of aryl methyl sites for hydroxylation is 1. The van der Waals surface area contributed by atoms with Crippen LogP contribution in [0.3, 0.4) is 0 Å². The van der Waals surface area contributed by atoms with Crippen LogP contribution in [-0.2, 0) is 11.3 Å². The Morgan fingerprint density at radius 2 is 1.92 bits per heavy atom. The second-order valence-corrected chi connectivity index (χ2v) is 6.46. The number of carbonyl (C=O) groups excluding carboxylic acids is 1. The number of fused-ring (bicyclic) bond motifs is 1. The molecule has 0 radical (unpaired) electrons. The SMILES string of the molecule is O=C(CCn1cccn1)N1CCCN(c2cnc3ccccc3n2)CC1. The highest BCUT2D eigenvalue weighted by Crippen LogP contribution is 2.17. The number of hydrogen-bond acceptors (Lipinski definition) is 5. The molecule has 0 N–H and O–H groups in total. The standard InChI is InChI=1S/C19H22N6O/c26-19(7-12-25-11-3-8-21-25)24-10-4-9-23(13-14-24)18-15-20-16-5-1-2-6-17(16)22-18/h1-3,5-6,8,11,15H,4,7,9-10,12-14H2. The Morgan fingerprint density at radius 1 is 1.04 bits per heavy atom. The zero-order valence-electron chi connectivity index (χ0n) is 14.7. The molecule has 7 heteroatoms. The van der Waals surface area contributed by atoms with Crippen LogP contribution in [0.5, 0.6) is 0 Å². The molecule has 0 spiro atoms. The van der Waals surface area contributed by atoms with Gasteiger partial charge in [-0.05, 0) is 24.6 Å². The number of carbonyl (C=O) groups is 1. The lowest BCUT2D eigenvalue weighted by molar-refractivity contribution is -0.131. The fourth-order valence-corrected chi connectivity index (χ4v) is 3.30. The molecule has 1 aliphatic rings. The summed E-state index contributed by atoms with van der Waals surface area (Å²) in [6.45, 7) is 3.79. The van der Waals surface area contributed by atoms with E-state index >= 15 is 0 Å². The molecule has 2 aromatic heterocycles. The highest BCUT2D eigenvalue weighted by Gasteiger charge is 2.20. The molecule has 0 bridgehead atoms. The first-order valence-electron chi connectivity index (χ1n) is 9.01. The van der Waals surface area contributed by atoms with E-state index in [9.17, 15) is 4.79 Å². The minimum Gasteiger partial charge on any atom is -0.353 e. The van der Waals surface area contributed by atoms with Gasteiger partial charge in [0.1, 0.15) is 5.82 Å². The molecule has 7 nitrogen and oxygen atoms in total. The van der Waals surface area contributed by atoms with E-state index in [1.165, 1.54) is 0 Å². The first-order chi connectivity index (χ1) is 12.8. The molecule has 0 aliphatic carbocycles. The maximum atomic E-state index is 12.5. The average Bonchev–Trinajstić information content (AvgIpc) is 3.08. The van der Waals surface area contributed by atoms with Gasteiger partial charge in [-0.25, -0.2) is 4.98 Å². The normalized spacial score (nSPS) is 15.2. The summed E-state index contributed by atoms with van der Waals surface area (Å²) in [6.07, 6.45) is 6.87. The number of amides is 1. The van der Waals surface area contributed by atoms with E-state index in [0.29, 0.717) is 19.5 Å². The quantitative estimate of drug-likeness (QED) is 0.719. The van der Waals surface area contributed by atoms with Gasteiger partial charge in [0.15, 0.2) is 0 Å². The summed E-state index contributed by atoms with van der Waals surface area (Å²) in [7, 11) is 0. The van der Waals surface area contributed by atoms with Crippen molar-refractivity contribution in [3.05, 3.63) is 48.9 Å². The van der Waals surface area contributed by atoms with Gasteiger partial charge in [-0.15, -0.1) is 0 Å². The van der Waals surface area contributed by atoms with Crippen molar-refractivity contribution >= 4 is 22.8 Å². The summed E-state index contributed by atoms with van der Waals surface area (Å²) in [5.74, 6) is 1.07. The summed E-state index contributed by atoms with van der Waals surface area (Å²) in [5, 5.41) is 4.15. The number of para-hydroxylation sites is 2. The second kappa shape index (κ2) is 7.51. The van der Waals surface area contributed by atoms with E-state index in [1.807, 2.05) is 47.6 Å². The van der Waals surface area contributed by atoms with Crippen LogP contribution in [0.25, 0.3) is 11.0 Å². The molecule has 0 unspecified atom stereocenters. The molecule has 26 heavy (non-hydrogen) atoms. The molecule has 4 rings (SSSR count). The fourth-order valence-electron chi connectivity index (χ4n) is 3.30. The first-order valence-corrected chi connectivity index (χ1v) is 9.01. The van der Waals surface area contributed by atoms with Gasteiger partial charge in [0.05, 0.1) is 17.2 Å². The predicted octanol–water partition coefficient (Wildman–Crippen LogP) is 1.96. The van der Waals surface area contributed by atoms with Crippen LogP contribution in [0.15, 0.2) is 48.9 Å².